The smallest absolute Gasteiger partial charge is 0.228 e. The molecule has 0 spiro atoms. The molecule has 3 nitrogen and oxygen atoms in total. The van der Waals surface area contributed by atoms with Crippen molar-refractivity contribution in [2.75, 3.05) is 11.4 Å². The molecule has 1 atom stereocenters. The van der Waals surface area contributed by atoms with Crippen molar-refractivity contribution < 1.29 is 4.79 Å². The third-order valence-corrected chi connectivity index (χ3v) is 2.91. The quantitative estimate of drug-likeness (QED) is 0.609. The van der Waals surface area contributed by atoms with Gasteiger partial charge < -0.3 is 0 Å². The van der Waals surface area contributed by atoms with Crippen molar-refractivity contribution >= 4 is 27.7 Å². The maximum Gasteiger partial charge on any atom is 0.228 e. The molecule has 0 saturated carbocycles. The minimum absolute atomic E-state index is 0.116. The van der Waals surface area contributed by atoms with Crippen LogP contribution in [-0.2, 0) is 4.79 Å². The average Bonchev–Trinajstić information content (AvgIpc) is 2.60. The molecule has 2 heterocycles. The lowest BCUT2D eigenvalue weighted by Crippen LogP contribution is -2.25. The molecule has 0 bridgehead atoms. The summed E-state index contributed by atoms with van der Waals surface area (Å²) in [5.41, 5.74) is 0. The van der Waals surface area contributed by atoms with E-state index in [1.165, 1.54) is 0 Å². The Bertz CT molecular complexity index is 405. The van der Waals surface area contributed by atoms with Crippen LogP contribution in [0.1, 0.15) is 6.42 Å². The van der Waals surface area contributed by atoms with Crippen LogP contribution in [0.4, 0.5) is 5.82 Å². The first kappa shape index (κ1) is 10.4. The zero-order valence-electron chi connectivity index (χ0n) is 8.19. The number of hydrogen-bond acceptors (Lipinski definition) is 2. The molecule has 0 aromatic carbocycles. The Morgan fingerprint density at radius 2 is 2.40 bits per heavy atom. The highest BCUT2D eigenvalue weighted by Crippen LogP contribution is 2.24. The number of carbonyl (C=O) groups excluding carboxylic acids is 1. The van der Waals surface area contributed by atoms with E-state index in [1.54, 1.807) is 4.90 Å². The molecule has 78 valence electrons. The first-order valence-corrected chi connectivity index (χ1v) is 5.55. The van der Waals surface area contributed by atoms with Gasteiger partial charge in [-0.25, -0.2) is 4.98 Å². The summed E-state index contributed by atoms with van der Waals surface area (Å²) in [5.74, 6) is 1.07. The zero-order chi connectivity index (χ0) is 10.8. The molecule has 4 heteroatoms. The molecule has 1 amide bonds. The van der Waals surface area contributed by atoms with Crippen molar-refractivity contribution in [3.8, 4) is 0 Å². The fourth-order valence-electron chi connectivity index (χ4n) is 1.66. The van der Waals surface area contributed by atoms with Gasteiger partial charge in [0, 0.05) is 18.9 Å². The molecular formula is C11H11BrN2O. The minimum Gasteiger partial charge on any atom is -0.296 e. The average molecular weight is 267 g/mol. The molecular weight excluding hydrogens is 256 g/mol. The Balaban J connectivity index is 2.25. The number of carbonyl (C=O) groups is 1. The second-order valence-corrected chi connectivity index (χ2v) is 4.34. The summed E-state index contributed by atoms with van der Waals surface area (Å²) >= 11 is 3.29. The van der Waals surface area contributed by atoms with Crippen LogP contribution < -0.4 is 4.90 Å². The van der Waals surface area contributed by atoms with Gasteiger partial charge in [0.05, 0.1) is 0 Å². The Hall–Kier alpha value is -1.16. The molecule has 1 aromatic heterocycles. The number of nitrogens with zero attached hydrogens (tertiary/aromatic N) is 2. The van der Waals surface area contributed by atoms with E-state index in [0.29, 0.717) is 18.8 Å². The third kappa shape index (κ3) is 2.09. The van der Waals surface area contributed by atoms with Crippen molar-refractivity contribution in [1.82, 2.24) is 4.98 Å². The van der Waals surface area contributed by atoms with E-state index in [0.717, 1.165) is 4.60 Å². The second kappa shape index (κ2) is 4.14. The summed E-state index contributed by atoms with van der Waals surface area (Å²) in [6.45, 7) is 4.40. The Morgan fingerprint density at radius 3 is 3.00 bits per heavy atom. The van der Waals surface area contributed by atoms with Gasteiger partial charge in [-0.3, -0.25) is 9.69 Å². The molecule has 1 saturated heterocycles. The SMILES string of the molecule is C=CC1CC(=O)N(c2cccc(Br)n2)C1. The summed E-state index contributed by atoms with van der Waals surface area (Å²) in [7, 11) is 0. The van der Waals surface area contributed by atoms with E-state index in [-0.39, 0.29) is 11.8 Å². The van der Waals surface area contributed by atoms with Crippen molar-refractivity contribution in [1.29, 1.82) is 0 Å². The van der Waals surface area contributed by atoms with Crippen LogP contribution >= 0.6 is 15.9 Å². The standard InChI is InChI=1S/C11H11BrN2O/c1-2-8-6-11(15)14(7-8)10-5-3-4-9(12)13-10/h2-5,8H,1,6-7H2. The van der Waals surface area contributed by atoms with Gasteiger partial charge in [0.1, 0.15) is 10.4 Å². The normalized spacial score (nSPS) is 20.7. The molecule has 1 fully saturated rings. The molecule has 1 unspecified atom stereocenters. The predicted octanol–water partition coefficient (Wildman–Crippen LogP) is 2.38. The van der Waals surface area contributed by atoms with Crippen LogP contribution in [-0.4, -0.2) is 17.4 Å². The highest BCUT2D eigenvalue weighted by molar-refractivity contribution is 9.10. The largest absolute Gasteiger partial charge is 0.296 e. The number of anilines is 1. The van der Waals surface area contributed by atoms with E-state index >= 15 is 0 Å². The van der Waals surface area contributed by atoms with Gasteiger partial charge in [-0.05, 0) is 28.1 Å². The second-order valence-electron chi connectivity index (χ2n) is 3.52. The summed E-state index contributed by atoms with van der Waals surface area (Å²) < 4.78 is 0.745. The molecule has 0 aliphatic carbocycles. The Labute approximate surface area is 96.9 Å². The van der Waals surface area contributed by atoms with Gasteiger partial charge in [0.25, 0.3) is 0 Å². The summed E-state index contributed by atoms with van der Waals surface area (Å²) in [6, 6.07) is 5.56. The number of hydrogen-bond donors (Lipinski definition) is 0. The predicted molar refractivity (Wildman–Crippen MR) is 62.6 cm³/mol. The molecule has 0 radical (unpaired) electrons. The number of rotatable bonds is 2. The monoisotopic (exact) mass is 266 g/mol. The highest BCUT2D eigenvalue weighted by Gasteiger charge is 2.29. The Morgan fingerprint density at radius 1 is 1.60 bits per heavy atom. The molecule has 1 aliphatic rings. The van der Waals surface area contributed by atoms with Gasteiger partial charge >= 0.3 is 0 Å². The summed E-state index contributed by atoms with van der Waals surface area (Å²) in [6.07, 6.45) is 2.37. The van der Waals surface area contributed by atoms with Crippen LogP contribution in [0.25, 0.3) is 0 Å². The van der Waals surface area contributed by atoms with Crippen LogP contribution in [0.3, 0.4) is 0 Å². The van der Waals surface area contributed by atoms with Crippen LogP contribution in [0.15, 0.2) is 35.5 Å². The van der Waals surface area contributed by atoms with Crippen molar-refractivity contribution in [3.63, 3.8) is 0 Å². The number of aromatic nitrogens is 1. The Kier molecular flexibility index (Phi) is 2.86. The zero-order valence-corrected chi connectivity index (χ0v) is 9.77. The summed E-state index contributed by atoms with van der Waals surface area (Å²) in [4.78, 5) is 17.6. The van der Waals surface area contributed by atoms with Gasteiger partial charge in [-0.15, -0.1) is 6.58 Å². The topological polar surface area (TPSA) is 33.2 Å². The lowest BCUT2D eigenvalue weighted by atomic mass is 10.1. The van der Waals surface area contributed by atoms with Gasteiger partial charge in [0.2, 0.25) is 5.91 Å². The van der Waals surface area contributed by atoms with Crippen LogP contribution in [0.2, 0.25) is 0 Å². The lowest BCUT2D eigenvalue weighted by molar-refractivity contribution is -0.117. The maximum absolute atomic E-state index is 11.7. The van der Waals surface area contributed by atoms with E-state index in [1.807, 2.05) is 24.3 Å². The number of halogens is 1. The van der Waals surface area contributed by atoms with E-state index in [9.17, 15) is 4.79 Å². The molecule has 15 heavy (non-hydrogen) atoms. The molecule has 0 N–H and O–H groups in total. The molecule has 2 rings (SSSR count). The summed E-state index contributed by atoms with van der Waals surface area (Å²) in [5, 5.41) is 0. The van der Waals surface area contributed by atoms with Gasteiger partial charge in [0.15, 0.2) is 0 Å². The van der Waals surface area contributed by atoms with E-state index in [2.05, 4.69) is 27.5 Å². The fraction of sp³-hybridized carbons (Fsp3) is 0.273. The van der Waals surface area contributed by atoms with Crippen molar-refractivity contribution in [2.45, 2.75) is 6.42 Å². The van der Waals surface area contributed by atoms with E-state index in [4.69, 9.17) is 0 Å². The lowest BCUT2D eigenvalue weighted by Gasteiger charge is -2.14. The maximum atomic E-state index is 11.7. The number of pyridine rings is 1. The first-order chi connectivity index (χ1) is 7.20. The van der Waals surface area contributed by atoms with Gasteiger partial charge in [-0.2, -0.15) is 0 Å². The van der Waals surface area contributed by atoms with Crippen LogP contribution in [0.5, 0.6) is 0 Å². The minimum atomic E-state index is 0.116. The highest BCUT2D eigenvalue weighted by atomic mass is 79.9. The van der Waals surface area contributed by atoms with Gasteiger partial charge in [-0.1, -0.05) is 12.1 Å². The van der Waals surface area contributed by atoms with E-state index < -0.39 is 0 Å². The van der Waals surface area contributed by atoms with Crippen LogP contribution in [0, 0.1) is 5.92 Å². The number of amides is 1. The fourth-order valence-corrected chi connectivity index (χ4v) is 2.00. The molecule has 1 aromatic rings. The van der Waals surface area contributed by atoms with Crippen molar-refractivity contribution in [3.05, 3.63) is 35.5 Å². The third-order valence-electron chi connectivity index (χ3n) is 2.47. The van der Waals surface area contributed by atoms with Crippen molar-refractivity contribution in [2.24, 2.45) is 5.92 Å². The first-order valence-electron chi connectivity index (χ1n) is 4.76. The molecule has 1 aliphatic heterocycles.